The van der Waals surface area contributed by atoms with E-state index in [-0.39, 0.29) is 5.75 Å². The van der Waals surface area contributed by atoms with Gasteiger partial charge >= 0.3 is 5.97 Å². The summed E-state index contributed by atoms with van der Waals surface area (Å²) in [5.74, 6) is -0.990. The summed E-state index contributed by atoms with van der Waals surface area (Å²) in [4.78, 5) is 17.0. The van der Waals surface area contributed by atoms with Gasteiger partial charge in [0.2, 0.25) is 5.95 Å². The molecule has 0 aliphatic heterocycles. The molecule has 0 fully saturated rings. The lowest BCUT2D eigenvalue weighted by molar-refractivity contribution is -0.131. The van der Waals surface area contributed by atoms with Crippen molar-refractivity contribution in [1.82, 2.24) is 9.97 Å². The van der Waals surface area contributed by atoms with Gasteiger partial charge in [-0.05, 0) is 6.07 Å². The van der Waals surface area contributed by atoms with E-state index in [0.717, 1.165) is 6.07 Å². The Morgan fingerprint density at radius 3 is 3.14 bits per heavy atom. The summed E-state index contributed by atoms with van der Waals surface area (Å²) < 4.78 is 17.7. The summed E-state index contributed by atoms with van der Waals surface area (Å²) in [6, 6.07) is 2.75. The third-order valence-corrected chi connectivity index (χ3v) is 1.71. The lowest BCUT2D eigenvalue weighted by atomic mass is 10.3. The van der Waals surface area contributed by atoms with Crippen LogP contribution in [-0.2, 0) is 4.79 Å². The summed E-state index contributed by atoms with van der Waals surface area (Å²) in [5.41, 5.74) is 0.362. The Morgan fingerprint density at radius 1 is 1.64 bits per heavy atom. The van der Waals surface area contributed by atoms with Crippen LogP contribution in [0.5, 0.6) is 5.75 Å². The second kappa shape index (κ2) is 3.10. The van der Waals surface area contributed by atoms with Crippen molar-refractivity contribution >= 4 is 17.0 Å². The van der Waals surface area contributed by atoms with Crippen LogP contribution in [0.3, 0.4) is 0 Å². The maximum absolute atomic E-state index is 12.9. The number of nitrogens with zero attached hydrogens (tertiary/aromatic N) is 1. The lowest BCUT2D eigenvalue weighted by Gasteiger charge is -2.01. The average Bonchev–Trinajstić information content (AvgIpc) is 2.50. The molecule has 0 saturated heterocycles. The van der Waals surface area contributed by atoms with Gasteiger partial charge in [-0.2, -0.15) is 4.39 Å². The molecule has 2 aromatic rings. The molecule has 0 spiro atoms. The van der Waals surface area contributed by atoms with E-state index in [9.17, 15) is 9.18 Å². The zero-order valence-electron chi connectivity index (χ0n) is 7.37. The second-order valence-corrected chi connectivity index (χ2v) is 2.78. The molecule has 4 nitrogen and oxygen atoms in total. The van der Waals surface area contributed by atoms with E-state index < -0.39 is 11.9 Å². The quantitative estimate of drug-likeness (QED) is 0.554. The number of carbonyl (C=O) groups is 1. The molecule has 0 amide bonds. The summed E-state index contributed by atoms with van der Waals surface area (Å²) >= 11 is 0. The average molecular weight is 194 g/mol. The number of hydrogen-bond donors (Lipinski definition) is 1. The highest BCUT2D eigenvalue weighted by Gasteiger charge is 2.09. The second-order valence-electron chi connectivity index (χ2n) is 2.78. The van der Waals surface area contributed by atoms with Crippen LogP contribution in [-0.4, -0.2) is 15.9 Å². The molecule has 2 heterocycles. The van der Waals surface area contributed by atoms with Gasteiger partial charge in [0.15, 0.2) is 0 Å². The van der Waals surface area contributed by atoms with E-state index in [2.05, 4.69) is 9.97 Å². The first-order valence-corrected chi connectivity index (χ1v) is 3.99. The Kier molecular flexibility index (Phi) is 1.92. The Bertz CT molecular complexity index is 493. The Balaban J connectivity index is 2.60. The van der Waals surface area contributed by atoms with Gasteiger partial charge in [0.1, 0.15) is 11.4 Å². The minimum Gasteiger partial charge on any atom is -0.426 e. The first-order valence-electron chi connectivity index (χ1n) is 3.99. The molecular formula is C9H7FN2O2. The molecule has 2 aromatic heterocycles. The van der Waals surface area contributed by atoms with E-state index in [1.807, 2.05) is 0 Å². The van der Waals surface area contributed by atoms with E-state index in [0.29, 0.717) is 11.0 Å². The fourth-order valence-corrected chi connectivity index (χ4v) is 1.22. The summed E-state index contributed by atoms with van der Waals surface area (Å²) in [6.07, 6.45) is 1.60. The van der Waals surface area contributed by atoms with Gasteiger partial charge < -0.3 is 9.72 Å². The third kappa shape index (κ3) is 1.44. The van der Waals surface area contributed by atoms with Gasteiger partial charge in [0, 0.05) is 19.2 Å². The number of pyridine rings is 1. The van der Waals surface area contributed by atoms with Crippen molar-refractivity contribution in [3.05, 3.63) is 24.3 Å². The molecule has 0 radical (unpaired) electrons. The van der Waals surface area contributed by atoms with E-state index >= 15 is 0 Å². The number of aromatic amines is 1. The maximum Gasteiger partial charge on any atom is 0.308 e. The van der Waals surface area contributed by atoms with Gasteiger partial charge in [-0.15, -0.1) is 0 Å². The van der Waals surface area contributed by atoms with Crippen molar-refractivity contribution in [2.45, 2.75) is 6.92 Å². The minimum absolute atomic E-state index is 0.182. The normalized spacial score (nSPS) is 10.4. The monoisotopic (exact) mass is 194 g/mol. The smallest absolute Gasteiger partial charge is 0.308 e. The molecule has 0 atom stereocenters. The number of halogens is 1. The van der Waals surface area contributed by atoms with Crippen molar-refractivity contribution in [2.24, 2.45) is 0 Å². The lowest BCUT2D eigenvalue weighted by Crippen LogP contribution is -2.02. The summed E-state index contributed by atoms with van der Waals surface area (Å²) in [6.45, 7) is 1.26. The highest BCUT2D eigenvalue weighted by molar-refractivity contribution is 5.85. The largest absolute Gasteiger partial charge is 0.426 e. The standard InChI is InChI=1S/C9H7FN2O2/c1-5(13)14-7-4-8(10)12-9-6(7)2-3-11-9/h2-4H,1H3,(H,11,12). The summed E-state index contributed by atoms with van der Waals surface area (Å²) in [5, 5.41) is 0.585. The molecule has 0 bridgehead atoms. The van der Waals surface area contributed by atoms with Crippen LogP contribution < -0.4 is 4.74 Å². The molecule has 2 rings (SSSR count). The molecule has 5 heteroatoms. The van der Waals surface area contributed by atoms with Crippen molar-refractivity contribution in [1.29, 1.82) is 0 Å². The first kappa shape index (κ1) is 8.68. The first-order chi connectivity index (χ1) is 6.66. The molecule has 0 aliphatic rings. The van der Waals surface area contributed by atoms with Crippen LogP contribution in [0, 0.1) is 5.95 Å². The number of H-pyrrole nitrogens is 1. The van der Waals surface area contributed by atoms with Crippen LogP contribution in [0.25, 0.3) is 11.0 Å². The highest BCUT2D eigenvalue weighted by Crippen LogP contribution is 2.24. The van der Waals surface area contributed by atoms with Gasteiger partial charge in [-0.1, -0.05) is 0 Å². The Labute approximate surface area is 78.7 Å². The fraction of sp³-hybridized carbons (Fsp3) is 0.111. The molecule has 1 N–H and O–H groups in total. The Hall–Kier alpha value is -1.91. The number of rotatable bonds is 1. The number of fused-ring (bicyclic) bond motifs is 1. The predicted octanol–water partition coefficient (Wildman–Crippen LogP) is 1.63. The number of nitrogens with one attached hydrogen (secondary N) is 1. The van der Waals surface area contributed by atoms with Crippen LogP contribution in [0.2, 0.25) is 0 Å². The number of carbonyl (C=O) groups excluding carboxylic acids is 1. The van der Waals surface area contributed by atoms with Crippen LogP contribution in [0.1, 0.15) is 6.92 Å². The topological polar surface area (TPSA) is 55.0 Å². The third-order valence-electron chi connectivity index (χ3n) is 1.71. The van der Waals surface area contributed by atoms with Crippen LogP contribution in [0.4, 0.5) is 4.39 Å². The molecule has 0 aliphatic carbocycles. The van der Waals surface area contributed by atoms with E-state index in [1.54, 1.807) is 12.3 Å². The highest BCUT2D eigenvalue weighted by atomic mass is 19.1. The maximum atomic E-state index is 12.9. The van der Waals surface area contributed by atoms with Crippen LogP contribution >= 0.6 is 0 Å². The SMILES string of the molecule is CC(=O)Oc1cc(F)nc2[nH]ccc12. The number of ether oxygens (including phenoxy) is 1. The van der Waals surface area contributed by atoms with Crippen molar-refractivity contribution in [2.75, 3.05) is 0 Å². The predicted molar refractivity (Wildman–Crippen MR) is 47.4 cm³/mol. The molecule has 0 aromatic carbocycles. The van der Waals surface area contributed by atoms with Crippen molar-refractivity contribution in [3.63, 3.8) is 0 Å². The van der Waals surface area contributed by atoms with E-state index in [1.165, 1.54) is 6.92 Å². The molecule has 0 saturated carbocycles. The van der Waals surface area contributed by atoms with E-state index in [4.69, 9.17) is 4.74 Å². The van der Waals surface area contributed by atoms with Crippen LogP contribution in [0.15, 0.2) is 18.3 Å². The number of hydrogen-bond acceptors (Lipinski definition) is 3. The minimum atomic E-state index is -0.684. The van der Waals surface area contributed by atoms with Gasteiger partial charge in [-0.3, -0.25) is 4.79 Å². The van der Waals surface area contributed by atoms with Crippen molar-refractivity contribution < 1.29 is 13.9 Å². The van der Waals surface area contributed by atoms with Gasteiger partial charge in [0.25, 0.3) is 0 Å². The van der Waals surface area contributed by atoms with Gasteiger partial charge in [-0.25, -0.2) is 4.98 Å². The zero-order chi connectivity index (χ0) is 10.1. The van der Waals surface area contributed by atoms with Crippen molar-refractivity contribution in [3.8, 4) is 5.75 Å². The Morgan fingerprint density at radius 2 is 2.43 bits per heavy atom. The number of aromatic nitrogens is 2. The molecule has 0 unspecified atom stereocenters. The molecular weight excluding hydrogens is 187 g/mol. The zero-order valence-corrected chi connectivity index (χ0v) is 7.37. The summed E-state index contributed by atoms with van der Waals surface area (Å²) in [7, 11) is 0. The molecule has 14 heavy (non-hydrogen) atoms. The fourth-order valence-electron chi connectivity index (χ4n) is 1.22. The number of esters is 1. The van der Waals surface area contributed by atoms with Gasteiger partial charge in [0.05, 0.1) is 5.39 Å². The molecule has 72 valence electrons.